The molecular formula is C8H10Cl2N2O4. The molecule has 1 atom stereocenters. The van der Waals surface area contributed by atoms with Gasteiger partial charge in [-0.05, 0) is 6.92 Å². The summed E-state index contributed by atoms with van der Waals surface area (Å²) in [5.41, 5.74) is 3.69. The summed E-state index contributed by atoms with van der Waals surface area (Å²) in [4.78, 5) is 32.6. The van der Waals surface area contributed by atoms with Crippen molar-refractivity contribution in [1.82, 2.24) is 5.32 Å². The summed E-state index contributed by atoms with van der Waals surface area (Å²) < 4.78 is 3.49. The van der Waals surface area contributed by atoms with Crippen molar-refractivity contribution in [3.8, 4) is 0 Å². The Bertz CT molecular complexity index is 358. The number of primary amides is 1. The number of imide groups is 1. The molecule has 0 heterocycles. The summed E-state index contributed by atoms with van der Waals surface area (Å²) >= 11 is 11.5. The molecule has 0 unspecified atom stereocenters. The molecule has 1 aliphatic carbocycles. The number of rotatable bonds is 3. The molecular weight excluding hydrogens is 259 g/mol. The second-order valence-electron chi connectivity index (χ2n) is 3.70. The van der Waals surface area contributed by atoms with E-state index in [-0.39, 0.29) is 6.42 Å². The average Bonchev–Trinajstić information content (AvgIpc) is 2.62. The molecule has 1 aliphatic rings. The largest absolute Gasteiger partial charge is 0.455 e. The fourth-order valence-corrected chi connectivity index (χ4v) is 1.77. The van der Waals surface area contributed by atoms with Crippen LogP contribution in [0.15, 0.2) is 0 Å². The Hall–Kier alpha value is -1.01. The van der Waals surface area contributed by atoms with Crippen LogP contribution in [0.1, 0.15) is 13.3 Å². The third kappa shape index (κ3) is 2.56. The number of hydrogen-bond acceptors (Lipinski definition) is 4. The highest BCUT2D eigenvalue weighted by Gasteiger charge is 2.69. The lowest BCUT2D eigenvalue weighted by atomic mass is 10.1. The van der Waals surface area contributed by atoms with Gasteiger partial charge in [0.1, 0.15) is 9.75 Å². The van der Waals surface area contributed by atoms with Crippen molar-refractivity contribution < 1.29 is 19.1 Å². The fourth-order valence-electron chi connectivity index (χ4n) is 1.09. The van der Waals surface area contributed by atoms with Crippen molar-refractivity contribution in [2.24, 2.45) is 11.1 Å². The monoisotopic (exact) mass is 268 g/mol. The topological polar surface area (TPSA) is 98.5 Å². The predicted molar refractivity (Wildman–Crippen MR) is 55.8 cm³/mol. The number of nitrogens with one attached hydrogen (secondary N) is 1. The van der Waals surface area contributed by atoms with Crippen molar-refractivity contribution in [3.63, 3.8) is 0 Å². The van der Waals surface area contributed by atoms with Gasteiger partial charge < -0.3 is 10.5 Å². The van der Waals surface area contributed by atoms with Gasteiger partial charge in [-0.3, -0.25) is 14.9 Å². The Kier molecular flexibility index (Phi) is 3.35. The van der Waals surface area contributed by atoms with Crippen molar-refractivity contribution in [2.45, 2.75) is 17.7 Å². The summed E-state index contributed by atoms with van der Waals surface area (Å²) in [5, 5.41) is 1.75. The van der Waals surface area contributed by atoms with E-state index >= 15 is 0 Å². The number of nitrogens with two attached hydrogens (primary N) is 1. The quantitative estimate of drug-likeness (QED) is 0.569. The zero-order chi connectivity index (χ0) is 12.6. The van der Waals surface area contributed by atoms with Crippen LogP contribution in [-0.2, 0) is 14.3 Å². The summed E-state index contributed by atoms with van der Waals surface area (Å²) in [5.74, 6) is -1.49. The molecule has 3 N–H and O–H groups in total. The average molecular weight is 269 g/mol. The molecule has 0 radical (unpaired) electrons. The summed E-state index contributed by atoms with van der Waals surface area (Å²) in [6.07, 6.45) is 0.263. The number of carbonyl (C=O) groups is 3. The van der Waals surface area contributed by atoms with Gasteiger partial charge in [-0.2, -0.15) is 0 Å². The van der Waals surface area contributed by atoms with Crippen molar-refractivity contribution in [3.05, 3.63) is 0 Å². The lowest BCUT2D eigenvalue weighted by Crippen LogP contribution is -2.38. The molecule has 1 saturated carbocycles. The molecule has 0 aromatic rings. The highest BCUT2D eigenvalue weighted by atomic mass is 35.5. The first-order valence-corrected chi connectivity index (χ1v) is 5.09. The van der Waals surface area contributed by atoms with Gasteiger partial charge in [0.25, 0.3) is 5.91 Å². The third-order valence-electron chi connectivity index (χ3n) is 2.31. The van der Waals surface area contributed by atoms with Crippen molar-refractivity contribution in [1.29, 1.82) is 0 Å². The van der Waals surface area contributed by atoms with Crippen LogP contribution < -0.4 is 11.1 Å². The third-order valence-corrected chi connectivity index (χ3v) is 3.41. The molecule has 90 valence electrons. The van der Waals surface area contributed by atoms with Crippen molar-refractivity contribution >= 4 is 41.1 Å². The second-order valence-corrected chi connectivity index (χ2v) is 5.19. The van der Waals surface area contributed by atoms with Gasteiger partial charge in [0.05, 0.1) is 0 Å². The zero-order valence-electron chi connectivity index (χ0n) is 8.38. The van der Waals surface area contributed by atoms with E-state index in [0.717, 1.165) is 0 Å². The number of halogens is 2. The number of ether oxygens (including phenoxy) is 1. The standard InChI is InChI=1S/C8H10Cl2N2O4/c1-7(3-8(7,9)10)5(14)16-2-4(13)12-6(11)15/h2-3H2,1H3,(H3,11,12,13,15)/t7-/m0/s1. The predicted octanol–water partition coefficient (Wildman–Crippen LogP) is 0.308. The van der Waals surface area contributed by atoms with Crippen molar-refractivity contribution in [2.75, 3.05) is 6.61 Å². The first-order chi connectivity index (χ1) is 7.19. The molecule has 3 amide bonds. The highest BCUT2D eigenvalue weighted by molar-refractivity contribution is 6.53. The number of carbonyl (C=O) groups excluding carboxylic acids is 3. The van der Waals surface area contributed by atoms with Crippen LogP contribution in [0, 0.1) is 5.41 Å². The van der Waals surface area contributed by atoms with E-state index < -0.39 is 34.3 Å². The Balaban J connectivity index is 2.38. The van der Waals surface area contributed by atoms with Gasteiger partial charge in [0.15, 0.2) is 6.61 Å². The van der Waals surface area contributed by atoms with Crippen LogP contribution in [0.3, 0.4) is 0 Å². The maximum atomic E-state index is 11.4. The molecule has 8 heteroatoms. The Morgan fingerprint density at radius 1 is 1.44 bits per heavy atom. The fraction of sp³-hybridized carbons (Fsp3) is 0.625. The van der Waals surface area contributed by atoms with E-state index in [1.165, 1.54) is 6.92 Å². The van der Waals surface area contributed by atoms with Crippen LogP contribution in [0.2, 0.25) is 0 Å². The van der Waals surface area contributed by atoms with E-state index in [0.29, 0.717) is 0 Å². The lowest BCUT2D eigenvalue weighted by molar-refractivity contribution is -0.153. The highest BCUT2D eigenvalue weighted by Crippen LogP contribution is 2.64. The number of hydrogen-bond donors (Lipinski definition) is 2. The van der Waals surface area contributed by atoms with E-state index in [1.54, 1.807) is 5.32 Å². The minimum absolute atomic E-state index is 0.263. The van der Waals surface area contributed by atoms with E-state index in [2.05, 4.69) is 10.5 Å². The normalized spacial score (nSPS) is 25.7. The molecule has 16 heavy (non-hydrogen) atoms. The van der Waals surface area contributed by atoms with E-state index in [9.17, 15) is 14.4 Å². The van der Waals surface area contributed by atoms with Crippen LogP contribution in [-0.4, -0.2) is 28.8 Å². The Morgan fingerprint density at radius 2 is 1.94 bits per heavy atom. The Labute approximate surface area is 101 Å². The summed E-state index contributed by atoms with van der Waals surface area (Å²) in [6.45, 7) is 0.933. The number of urea groups is 1. The molecule has 0 saturated heterocycles. The maximum Gasteiger partial charge on any atom is 0.318 e. The van der Waals surface area contributed by atoms with Crippen LogP contribution >= 0.6 is 23.2 Å². The van der Waals surface area contributed by atoms with Crippen LogP contribution in [0.4, 0.5) is 4.79 Å². The van der Waals surface area contributed by atoms with Gasteiger partial charge >= 0.3 is 12.0 Å². The van der Waals surface area contributed by atoms with E-state index in [1.807, 2.05) is 0 Å². The lowest BCUT2D eigenvalue weighted by Gasteiger charge is -2.10. The first kappa shape index (κ1) is 13.1. The molecule has 0 spiro atoms. The summed E-state index contributed by atoms with van der Waals surface area (Å²) in [7, 11) is 0. The number of amides is 3. The number of esters is 1. The molecule has 1 rings (SSSR count). The minimum Gasteiger partial charge on any atom is -0.455 e. The van der Waals surface area contributed by atoms with Gasteiger partial charge in [-0.15, -0.1) is 23.2 Å². The van der Waals surface area contributed by atoms with Gasteiger partial charge in [0.2, 0.25) is 0 Å². The molecule has 0 bridgehead atoms. The number of alkyl halides is 2. The van der Waals surface area contributed by atoms with Gasteiger partial charge in [-0.25, -0.2) is 4.79 Å². The summed E-state index contributed by atoms with van der Waals surface area (Å²) in [6, 6.07) is -1.01. The van der Waals surface area contributed by atoms with Gasteiger partial charge in [0, 0.05) is 6.42 Å². The molecule has 0 aromatic carbocycles. The minimum atomic E-state index is -1.15. The first-order valence-electron chi connectivity index (χ1n) is 4.33. The smallest absolute Gasteiger partial charge is 0.318 e. The second kappa shape index (κ2) is 4.10. The molecule has 1 fully saturated rings. The zero-order valence-corrected chi connectivity index (χ0v) is 9.89. The van der Waals surface area contributed by atoms with Crippen LogP contribution in [0.5, 0.6) is 0 Å². The maximum absolute atomic E-state index is 11.4. The molecule has 0 aliphatic heterocycles. The van der Waals surface area contributed by atoms with Crippen LogP contribution in [0.25, 0.3) is 0 Å². The Morgan fingerprint density at radius 3 is 2.31 bits per heavy atom. The molecule has 0 aromatic heterocycles. The van der Waals surface area contributed by atoms with E-state index in [4.69, 9.17) is 23.2 Å². The molecule has 6 nitrogen and oxygen atoms in total. The SMILES string of the molecule is C[C@@]1(C(=O)OCC(=O)NC(N)=O)CC1(Cl)Cl. The van der Waals surface area contributed by atoms with Gasteiger partial charge in [-0.1, -0.05) is 0 Å².